The van der Waals surface area contributed by atoms with Gasteiger partial charge in [0, 0.05) is 0 Å². The molecule has 0 radical (unpaired) electrons. The average molecular weight is 273 g/mol. The molecule has 1 aliphatic carbocycles. The third-order valence-corrected chi connectivity index (χ3v) is 5.17. The number of rotatable bonds is 3. The Kier molecular flexibility index (Phi) is 4.59. The van der Waals surface area contributed by atoms with Crippen molar-refractivity contribution >= 4 is 0 Å². The predicted molar refractivity (Wildman–Crippen MR) is 88.0 cm³/mol. The molecule has 0 bridgehead atoms. The smallest absolute Gasteiger partial charge is 0.00173 e. The Balaban J connectivity index is 2.08. The lowest BCUT2D eigenvalue weighted by Crippen LogP contribution is -2.36. The Morgan fingerprint density at radius 1 is 1.10 bits per heavy atom. The highest BCUT2D eigenvalue weighted by atomic mass is 14.6. The van der Waals surface area contributed by atoms with E-state index in [2.05, 4.69) is 52.0 Å². The van der Waals surface area contributed by atoms with Crippen molar-refractivity contribution in [3.63, 3.8) is 0 Å². The molecular formula is C19H31N. The SMILES string of the molecule is CC1CCC(CN)(Cc2ccc(C(C)(C)C)cc2)CC1. The highest BCUT2D eigenvalue weighted by Crippen LogP contribution is 2.40. The molecule has 0 aromatic heterocycles. The van der Waals surface area contributed by atoms with Gasteiger partial charge in [-0.25, -0.2) is 0 Å². The molecule has 2 rings (SSSR count). The van der Waals surface area contributed by atoms with Crippen molar-refractivity contribution in [3.8, 4) is 0 Å². The second-order valence-corrected chi connectivity index (χ2v) is 8.01. The first kappa shape index (κ1) is 15.6. The Labute approximate surface area is 125 Å². The van der Waals surface area contributed by atoms with E-state index in [1.54, 1.807) is 0 Å². The van der Waals surface area contributed by atoms with Gasteiger partial charge in [-0.15, -0.1) is 0 Å². The third-order valence-electron chi connectivity index (χ3n) is 5.17. The molecule has 0 aliphatic heterocycles. The van der Waals surface area contributed by atoms with Gasteiger partial charge in [-0.3, -0.25) is 0 Å². The van der Waals surface area contributed by atoms with Gasteiger partial charge in [0.05, 0.1) is 0 Å². The maximum absolute atomic E-state index is 6.13. The zero-order valence-electron chi connectivity index (χ0n) is 13.7. The summed E-state index contributed by atoms with van der Waals surface area (Å²) in [5, 5.41) is 0. The summed E-state index contributed by atoms with van der Waals surface area (Å²) in [6.07, 6.45) is 6.44. The molecule has 2 N–H and O–H groups in total. The molecule has 1 aromatic rings. The highest BCUT2D eigenvalue weighted by Gasteiger charge is 2.33. The molecule has 1 aromatic carbocycles. The summed E-state index contributed by atoms with van der Waals surface area (Å²) in [5.74, 6) is 0.887. The van der Waals surface area contributed by atoms with Crippen molar-refractivity contribution in [2.45, 2.75) is 65.2 Å². The highest BCUT2D eigenvalue weighted by molar-refractivity contribution is 5.28. The summed E-state index contributed by atoms with van der Waals surface area (Å²) in [4.78, 5) is 0. The Morgan fingerprint density at radius 2 is 1.65 bits per heavy atom. The van der Waals surface area contributed by atoms with Crippen LogP contribution in [0.2, 0.25) is 0 Å². The van der Waals surface area contributed by atoms with Gasteiger partial charge >= 0.3 is 0 Å². The van der Waals surface area contributed by atoms with Crippen LogP contribution in [0.1, 0.15) is 64.5 Å². The standard InChI is InChI=1S/C19H31N/c1-15-9-11-19(14-20,12-10-15)13-16-5-7-17(8-6-16)18(2,3)4/h5-8,15H,9-14,20H2,1-4H3. The van der Waals surface area contributed by atoms with E-state index in [1.807, 2.05) is 0 Å². The minimum absolute atomic E-state index is 0.240. The second-order valence-electron chi connectivity index (χ2n) is 8.01. The Hall–Kier alpha value is -0.820. The van der Waals surface area contributed by atoms with E-state index in [0.717, 1.165) is 18.9 Å². The maximum Gasteiger partial charge on any atom is -0.00173 e. The first-order chi connectivity index (χ1) is 9.35. The summed E-state index contributed by atoms with van der Waals surface area (Å²) in [7, 11) is 0. The summed E-state index contributed by atoms with van der Waals surface area (Å²) >= 11 is 0. The van der Waals surface area contributed by atoms with Crippen molar-refractivity contribution in [2.24, 2.45) is 17.1 Å². The lowest BCUT2D eigenvalue weighted by molar-refractivity contribution is 0.163. The Bertz CT molecular complexity index is 416. The second kappa shape index (κ2) is 5.89. The molecular weight excluding hydrogens is 242 g/mol. The van der Waals surface area contributed by atoms with Crippen molar-refractivity contribution in [1.29, 1.82) is 0 Å². The minimum Gasteiger partial charge on any atom is -0.330 e. The average Bonchev–Trinajstić information content (AvgIpc) is 2.41. The molecule has 112 valence electrons. The number of hydrogen-bond acceptors (Lipinski definition) is 1. The van der Waals surface area contributed by atoms with Crippen molar-refractivity contribution < 1.29 is 0 Å². The fourth-order valence-corrected chi connectivity index (χ4v) is 3.38. The minimum atomic E-state index is 0.240. The normalized spacial score (nSPS) is 27.6. The van der Waals surface area contributed by atoms with Crippen molar-refractivity contribution in [1.82, 2.24) is 0 Å². The zero-order valence-corrected chi connectivity index (χ0v) is 13.7. The number of nitrogens with two attached hydrogens (primary N) is 1. The van der Waals surface area contributed by atoms with E-state index in [9.17, 15) is 0 Å². The lowest BCUT2D eigenvalue weighted by atomic mass is 9.68. The van der Waals surface area contributed by atoms with Crippen LogP contribution in [0.25, 0.3) is 0 Å². The molecule has 1 nitrogen and oxygen atoms in total. The van der Waals surface area contributed by atoms with Crippen LogP contribution in [-0.2, 0) is 11.8 Å². The molecule has 0 unspecified atom stereocenters. The third kappa shape index (κ3) is 3.63. The first-order valence-electron chi connectivity index (χ1n) is 8.14. The van der Waals surface area contributed by atoms with E-state index >= 15 is 0 Å². The molecule has 0 spiro atoms. The number of hydrogen-bond donors (Lipinski definition) is 1. The monoisotopic (exact) mass is 273 g/mol. The topological polar surface area (TPSA) is 26.0 Å². The fourth-order valence-electron chi connectivity index (χ4n) is 3.38. The molecule has 0 heterocycles. The van der Waals surface area contributed by atoms with Gasteiger partial charge in [-0.05, 0) is 53.7 Å². The largest absolute Gasteiger partial charge is 0.330 e. The van der Waals surface area contributed by atoms with Gasteiger partial charge < -0.3 is 5.73 Å². The van der Waals surface area contributed by atoms with E-state index in [-0.39, 0.29) is 5.41 Å². The maximum atomic E-state index is 6.13. The van der Waals surface area contributed by atoms with E-state index in [1.165, 1.54) is 36.8 Å². The van der Waals surface area contributed by atoms with E-state index < -0.39 is 0 Å². The molecule has 0 atom stereocenters. The van der Waals surface area contributed by atoms with Gasteiger partial charge in [0.2, 0.25) is 0 Å². The van der Waals surface area contributed by atoms with Crippen LogP contribution < -0.4 is 5.73 Å². The quantitative estimate of drug-likeness (QED) is 0.850. The molecule has 1 saturated carbocycles. The van der Waals surface area contributed by atoms with Gasteiger partial charge in [-0.1, -0.05) is 64.8 Å². The predicted octanol–water partition coefficient (Wildman–Crippen LogP) is 4.68. The lowest BCUT2D eigenvalue weighted by Gasteiger charge is -2.39. The molecule has 20 heavy (non-hydrogen) atoms. The number of benzene rings is 1. The summed E-state index contributed by atoms with van der Waals surface area (Å²) in [6, 6.07) is 9.22. The van der Waals surface area contributed by atoms with Crippen LogP contribution in [0.4, 0.5) is 0 Å². The molecule has 1 fully saturated rings. The first-order valence-corrected chi connectivity index (χ1v) is 8.14. The fraction of sp³-hybridized carbons (Fsp3) is 0.684. The van der Waals surface area contributed by atoms with Crippen molar-refractivity contribution in [2.75, 3.05) is 6.54 Å². The van der Waals surface area contributed by atoms with Crippen LogP contribution in [0.15, 0.2) is 24.3 Å². The van der Waals surface area contributed by atoms with Crippen LogP contribution in [0.5, 0.6) is 0 Å². The summed E-state index contributed by atoms with van der Waals surface area (Å²) in [6.45, 7) is 10.0. The van der Waals surface area contributed by atoms with Gasteiger partial charge in [-0.2, -0.15) is 0 Å². The van der Waals surface area contributed by atoms with Crippen LogP contribution in [-0.4, -0.2) is 6.54 Å². The molecule has 0 saturated heterocycles. The van der Waals surface area contributed by atoms with Gasteiger partial charge in [0.1, 0.15) is 0 Å². The van der Waals surface area contributed by atoms with Crippen LogP contribution in [0.3, 0.4) is 0 Å². The van der Waals surface area contributed by atoms with Gasteiger partial charge in [0.15, 0.2) is 0 Å². The zero-order chi connectivity index (χ0) is 14.8. The molecule has 1 heteroatoms. The van der Waals surface area contributed by atoms with Crippen LogP contribution >= 0.6 is 0 Å². The summed E-state index contributed by atoms with van der Waals surface area (Å²) in [5.41, 5.74) is 9.60. The molecule has 1 aliphatic rings. The van der Waals surface area contributed by atoms with Crippen molar-refractivity contribution in [3.05, 3.63) is 35.4 Å². The molecule has 0 amide bonds. The Morgan fingerprint density at radius 3 is 2.10 bits per heavy atom. The van der Waals surface area contributed by atoms with E-state index in [4.69, 9.17) is 5.73 Å². The van der Waals surface area contributed by atoms with Crippen LogP contribution in [0, 0.1) is 11.3 Å². The van der Waals surface area contributed by atoms with E-state index in [0.29, 0.717) is 5.41 Å². The van der Waals surface area contributed by atoms with Gasteiger partial charge in [0.25, 0.3) is 0 Å². The summed E-state index contributed by atoms with van der Waals surface area (Å²) < 4.78 is 0.